The second-order valence-electron chi connectivity index (χ2n) is 4.03. The molecular formula is C14H16ClNS. The van der Waals surface area contributed by atoms with Gasteiger partial charge in [-0.1, -0.05) is 24.6 Å². The Balaban J connectivity index is 2.04. The Bertz CT molecular complexity index is 505. The summed E-state index contributed by atoms with van der Waals surface area (Å²) in [5, 5.41) is 4.21. The summed E-state index contributed by atoms with van der Waals surface area (Å²) in [4.78, 5) is 2.80. The van der Waals surface area contributed by atoms with Crippen LogP contribution in [0.5, 0.6) is 0 Å². The summed E-state index contributed by atoms with van der Waals surface area (Å²) >= 11 is 7.85. The van der Waals surface area contributed by atoms with Gasteiger partial charge < -0.3 is 5.32 Å². The van der Waals surface area contributed by atoms with Crippen molar-refractivity contribution in [1.82, 2.24) is 0 Å². The van der Waals surface area contributed by atoms with Gasteiger partial charge in [-0.2, -0.15) is 0 Å². The molecule has 0 aliphatic carbocycles. The van der Waals surface area contributed by atoms with Crippen molar-refractivity contribution in [3.63, 3.8) is 0 Å². The summed E-state index contributed by atoms with van der Waals surface area (Å²) in [5.74, 6) is 0. The summed E-state index contributed by atoms with van der Waals surface area (Å²) in [7, 11) is 0. The predicted molar refractivity (Wildman–Crippen MR) is 77.2 cm³/mol. The van der Waals surface area contributed by atoms with E-state index in [0.717, 1.165) is 23.7 Å². The van der Waals surface area contributed by atoms with Gasteiger partial charge in [-0.05, 0) is 43.2 Å². The lowest BCUT2D eigenvalue weighted by molar-refractivity contribution is 1.18. The molecule has 0 fully saturated rings. The average Bonchev–Trinajstić information content (AvgIpc) is 2.78. The highest BCUT2D eigenvalue weighted by atomic mass is 35.5. The molecule has 17 heavy (non-hydrogen) atoms. The number of rotatable bonds is 4. The van der Waals surface area contributed by atoms with Crippen LogP contribution in [-0.4, -0.2) is 0 Å². The lowest BCUT2D eigenvalue weighted by Gasteiger charge is -2.08. The van der Waals surface area contributed by atoms with E-state index in [1.54, 1.807) is 0 Å². The summed E-state index contributed by atoms with van der Waals surface area (Å²) in [6, 6.07) is 10.3. The van der Waals surface area contributed by atoms with Gasteiger partial charge in [-0.25, -0.2) is 0 Å². The quantitative estimate of drug-likeness (QED) is 0.830. The molecule has 1 N–H and O–H groups in total. The van der Waals surface area contributed by atoms with Gasteiger partial charge in [-0.15, -0.1) is 11.3 Å². The van der Waals surface area contributed by atoms with E-state index in [1.165, 1.54) is 15.3 Å². The molecule has 0 bridgehead atoms. The van der Waals surface area contributed by atoms with Gasteiger partial charge in [0.25, 0.3) is 0 Å². The molecule has 1 aromatic heterocycles. The Morgan fingerprint density at radius 2 is 1.94 bits per heavy atom. The van der Waals surface area contributed by atoms with Crippen LogP contribution in [0.15, 0.2) is 30.3 Å². The summed E-state index contributed by atoms with van der Waals surface area (Å²) in [5.41, 5.74) is 2.34. The molecule has 0 radical (unpaired) electrons. The van der Waals surface area contributed by atoms with Gasteiger partial charge in [0, 0.05) is 27.0 Å². The Morgan fingerprint density at radius 3 is 2.65 bits per heavy atom. The van der Waals surface area contributed by atoms with E-state index < -0.39 is 0 Å². The zero-order chi connectivity index (χ0) is 12.3. The third-order valence-corrected chi connectivity index (χ3v) is 4.18. The summed E-state index contributed by atoms with van der Waals surface area (Å²) < 4.78 is 0. The Labute approximate surface area is 111 Å². The maximum Gasteiger partial charge on any atom is 0.0494 e. The van der Waals surface area contributed by atoms with E-state index in [4.69, 9.17) is 11.6 Å². The van der Waals surface area contributed by atoms with Crippen molar-refractivity contribution in [2.45, 2.75) is 26.8 Å². The van der Waals surface area contributed by atoms with Crippen LogP contribution in [0, 0.1) is 6.92 Å². The van der Waals surface area contributed by atoms with Gasteiger partial charge in [-0.3, -0.25) is 0 Å². The lowest BCUT2D eigenvalue weighted by atomic mass is 10.2. The molecule has 1 heterocycles. The molecule has 90 valence electrons. The zero-order valence-corrected chi connectivity index (χ0v) is 11.7. The number of aryl methyl sites for hydroxylation is 2. The molecule has 0 aliphatic rings. The van der Waals surface area contributed by atoms with Crippen LogP contribution in [0.2, 0.25) is 5.02 Å². The number of thiophene rings is 1. The van der Waals surface area contributed by atoms with Gasteiger partial charge in [0.15, 0.2) is 0 Å². The first-order chi connectivity index (χ1) is 8.19. The number of hydrogen-bond acceptors (Lipinski definition) is 2. The molecule has 1 nitrogen and oxygen atoms in total. The largest absolute Gasteiger partial charge is 0.380 e. The normalized spacial score (nSPS) is 10.5. The monoisotopic (exact) mass is 265 g/mol. The van der Waals surface area contributed by atoms with Crippen molar-refractivity contribution < 1.29 is 0 Å². The minimum atomic E-state index is 0.776. The smallest absolute Gasteiger partial charge is 0.0494 e. The number of hydrogen-bond donors (Lipinski definition) is 1. The van der Waals surface area contributed by atoms with Crippen LogP contribution in [0.3, 0.4) is 0 Å². The predicted octanol–water partition coefficient (Wildman–Crippen LogP) is 4.88. The molecule has 0 unspecified atom stereocenters. The highest BCUT2D eigenvalue weighted by Crippen LogP contribution is 2.22. The molecule has 1 aromatic carbocycles. The lowest BCUT2D eigenvalue weighted by Crippen LogP contribution is -1.99. The number of halogens is 1. The standard InChI is InChI=1S/C14H16ClNS/c1-3-12-6-7-13(17-12)9-16-14-8-11(15)5-4-10(14)2/h4-8,16H,3,9H2,1-2H3. The van der Waals surface area contributed by atoms with Gasteiger partial charge in [0.05, 0.1) is 0 Å². The fraction of sp³-hybridized carbons (Fsp3) is 0.286. The van der Waals surface area contributed by atoms with E-state index >= 15 is 0 Å². The molecule has 2 rings (SSSR count). The molecule has 0 atom stereocenters. The molecule has 0 saturated heterocycles. The highest BCUT2D eigenvalue weighted by Gasteiger charge is 2.01. The molecular weight excluding hydrogens is 250 g/mol. The molecule has 0 spiro atoms. The first-order valence-electron chi connectivity index (χ1n) is 5.76. The van der Waals surface area contributed by atoms with Crippen LogP contribution in [0.25, 0.3) is 0 Å². The topological polar surface area (TPSA) is 12.0 Å². The minimum absolute atomic E-state index is 0.776. The van der Waals surface area contributed by atoms with Crippen LogP contribution in [-0.2, 0) is 13.0 Å². The van der Waals surface area contributed by atoms with Crippen LogP contribution in [0.1, 0.15) is 22.2 Å². The van der Waals surface area contributed by atoms with Crippen molar-refractivity contribution >= 4 is 28.6 Å². The Hall–Kier alpha value is -0.990. The molecule has 3 heteroatoms. The van der Waals surface area contributed by atoms with Crippen molar-refractivity contribution in [3.8, 4) is 0 Å². The maximum atomic E-state index is 5.99. The maximum absolute atomic E-state index is 5.99. The number of anilines is 1. The van der Waals surface area contributed by atoms with Crippen molar-refractivity contribution in [2.24, 2.45) is 0 Å². The second-order valence-corrected chi connectivity index (χ2v) is 5.72. The SMILES string of the molecule is CCc1ccc(CNc2cc(Cl)ccc2C)s1. The number of benzene rings is 1. The van der Waals surface area contributed by atoms with Gasteiger partial charge >= 0.3 is 0 Å². The first-order valence-corrected chi connectivity index (χ1v) is 6.96. The first kappa shape index (κ1) is 12.5. The van der Waals surface area contributed by atoms with Crippen LogP contribution in [0.4, 0.5) is 5.69 Å². The third kappa shape index (κ3) is 3.24. The van der Waals surface area contributed by atoms with E-state index in [-0.39, 0.29) is 0 Å². The number of nitrogens with one attached hydrogen (secondary N) is 1. The molecule has 2 aromatic rings. The van der Waals surface area contributed by atoms with E-state index in [2.05, 4.69) is 31.3 Å². The van der Waals surface area contributed by atoms with Gasteiger partial charge in [0.1, 0.15) is 0 Å². The molecule has 0 amide bonds. The third-order valence-electron chi connectivity index (χ3n) is 2.72. The summed E-state index contributed by atoms with van der Waals surface area (Å²) in [6.45, 7) is 5.14. The fourth-order valence-electron chi connectivity index (χ4n) is 1.67. The van der Waals surface area contributed by atoms with Gasteiger partial charge in [0.2, 0.25) is 0 Å². The highest BCUT2D eigenvalue weighted by molar-refractivity contribution is 7.12. The minimum Gasteiger partial charge on any atom is -0.380 e. The summed E-state index contributed by atoms with van der Waals surface area (Å²) in [6.07, 6.45) is 1.11. The molecule has 0 saturated carbocycles. The van der Waals surface area contributed by atoms with E-state index in [1.807, 2.05) is 29.5 Å². The Kier molecular flexibility index (Phi) is 4.08. The van der Waals surface area contributed by atoms with Crippen molar-refractivity contribution in [3.05, 3.63) is 50.7 Å². The fourth-order valence-corrected chi connectivity index (χ4v) is 2.74. The van der Waals surface area contributed by atoms with Crippen molar-refractivity contribution in [2.75, 3.05) is 5.32 Å². The second kappa shape index (κ2) is 5.56. The van der Waals surface area contributed by atoms with E-state index in [9.17, 15) is 0 Å². The van der Waals surface area contributed by atoms with Crippen LogP contribution >= 0.6 is 22.9 Å². The molecule has 0 aliphatic heterocycles. The van der Waals surface area contributed by atoms with Crippen molar-refractivity contribution in [1.29, 1.82) is 0 Å². The van der Waals surface area contributed by atoms with Crippen LogP contribution < -0.4 is 5.32 Å². The van der Waals surface area contributed by atoms with E-state index in [0.29, 0.717) is 0 Å². The average molecular weight is 266 g/mol. The Morgan fingerprint density at radius 1 is 1.18 bits per heavy atom. The zero-order valence-electron chi connectivity index (χ0n) is 10.1.